The fourth-order valence-electron chi connectivity index (χ4n) is 2.02. The summed E-state index contributed by atoms with van der Waals surface area (Å²) < 4.78 is 11.9. The van der Waals surface area contributed by atoms with Gasteiger partial charge < -0.3 is 15.2 Å². The number of primary amides is 1. The predicted octanol–water partition coefficient (Wildman–Crippen LogP) is 3.29. The average Bonchev–Trinajstić information content (AvgIpc) is 2.58. The fourth-order valence-corrected chi connectivity index (χ4v) is 2.80. The third kappa shape index (κ3) is 5.18. The second kappa shape index (κ2) is 8.47. The summed E-state index contributed by atoms with van der Waals surface area (Å²) in [7, 11) is 1.52. The van der Waals surface area contributed by atoms with Gasteiger partial charge in [-0.05, 0) is 64.1 Å². The number of nitrogens with two attached hydrogens (primary N) is 1. The van der Waals surface area contributed by atoms with Crippen molar-refractivity contribution in [2.24, 2.45) is 5.73 Å². The van der Waals surface area contributed by atoms with Crippen molar-refractivity contribution in [2.75, 3.05) is 7.11 Å². The van der Waals surface area contributed by atoms with Crippen LogP contribution in [0, 0.1) is 13.7 Å². The van der Waals surface area contributed by atoms with Crippen LogP contribution in [0.5, 0.6) is 11.5 Å². The van der Waals surface area contributed by atoms with Crippen molar-refractivity contribution < 1.29 is 19.2 Å². The number of amides is 1. The molecule has 2 aromatic carbocycles. The highest BCUT2D eigenvalue weighted by molar-refractivity contribution is 14.1. The molecule has 0 bridgehead atoms. The van der Waals surface area contributed by atoms with Crippen LogP contribution in [-0.4, -0.2) is 17.9 Å². The molecule has 0 radical (unpaired) electrons. The third-order valence-corrected chi connectivity index (χ3v) is 4.02. The first-order valence-electron chi connectivity index (χ1n) is 7.12. The van der Waals surface area contributed by atoms with E-state index in [4.69, 9.17) is 15.2 Å². The molecule has 0 atom stereocenters. The van der Waals surface area contributed by atoms with Gasteiger partial charge in [0.1, 0.15) is 6.61 Å². The van der Waals surface area contributed by atoms with Gasteiger partial charge in [-0.25, -0.2) is 0 Å². The van der Waals surface area contributed by atoms with Crippen molar-refractivity contribution >= 4 is 40.3 Å². The van der Waals surface area contributed by atoms with Crippen LogP contribution in [-0.2, 0) is 11.4 Å². The zero-order valence-electron chi connectivity index (χ0n) is 13.3. The monoisotopic (exact) mass is 454 g/mol. The number of nitro groups is 1. The van der Waals surface area contributed by atoms with E-state index in [0.29, 0.717) is 11.5 Å². The molecule has 0 fully saturated rings. The van der Waals surface area contributed by atoms with Crippen LogP contribution in [0.15, 0.2) is 42.5 Å². The predicted molar refractivity (Wildman–Crippen MR) is 101 cm³/mol. The molecule has 2 rings (SSSR count). The number of nitro benzene ring substituents is 1. The number of ether oxygens (including phenoxy) is 2. The van der Waals surface area contributed by atoms with E-state index in [0.717, 1.165) is 14.7 Å². The van der Waals surface area contributed by atoms with E-state index in [1.807, 2.05) is 6.07 Å². The van der Waals surface area contributed by atoms with Crippen LogP contribution in [0.2, 0.25) is 0 Å². The van der Waals surface area contributed by atoms with E-state index < -0.39 is 10.8 Å². The summed E-state index contributed by atoms with van der Waals surface area (Å²) in [6.45, 7) is 0.237. The quantitative estimate of drug-likeness (QED) is 0.299. The van der Waals surface area contributed by atoms with Crippen molar-refractivity contribution in [2.45, 2.75) is 6.61 Å². The number of methoxy groups -OCH3 is 1. The topological polar surface area (TPSA) is 105 Å². The number of nitrogens with zero attached hydrogens (tertiary/aromatic N) is 1. The van der Waals surface area contributed by atoms with Gasteiger partial charge in [-0.1, -0.05) is 0 Å². The van der Waals surface area contributed by atoms with Gasteiger partial charge in [-0.2, -0.15) is 0 Å². The molecule has 0 aliphatic carbocycles. The Kier molecular flexibility index (Phi) is 6.34. The van der Waals surface area contributed by atoms with E-state index in [2.05, 4.69) is 22.6 Å². The Morgan fingerprint density at radius 3 is 2.56 bits per heavy atom. The maximum atomic E-state index is 10.8. The lowest BCUT2D eigenvalue weighted by molar-refractivity contribution is -0.384. The van der Waals surface area contributed by atoms with E-state index in [-0.39, 0.29) is 12.3 Å². The molecule has 25 heavy (non-hydrogen) atoms. The van der Waals surface area contributed by atoms with Crippen LogP contribution in [0.1, 0.15) is 11.1 Å². The lowest BCUT2D eigenvalue weighted by Gasteiger charge is -2.13. The number of halogens is 1. The average molecular weight is 454 g/mol. The number of rotatable bonds is 7. The van der Waals surface area contributed by atoms with Crippen molar-refractivity contribution in [3.05, 3.63) is 67.3 Å². The van der Waals surface area contributed by atoms with Gasteiger partial charge in [0.15, 0.2) is 11.5 Å². The Morgan fingerprint density at radius 2 is 2.00 bits per heavy atom. The number of non-ortho nitro benzene ring substituents is 1. The van der Waals surface area contributed by atoms with E-state index >= 15 is 0 Å². The molecule has 0 aliphatic rings. The summed E-state index contributed by atoms with van der Waals surface area (Å²) in [6, 6.07) is 9.70. The number of carbonyl (C=O) groups excluding carboxylic acids is 1. The lowest BCUT2D eigenvalue weighted by atomic mass is 10.2. The van der Waals surface area contributed by atoms with Crippen LogP contribution in [0.3, 0.4) is 0 Å². The molecular formula is C17H15IN2O5. The maximum Gasteiger partial charge on any atom is 0.269 e. The molecule has 2 N–H and O–H groups in total. The van der Waals surface area contributed by atoms with Gasteiger partial charge in [0.25, 0.3) is 5.69 Å². The van der Waals surface area contributed by atoms with Crippen molar-refractivity contribution in [1.82, 2.24) is 0 Å². The van der Waals surface area contributed by atoms with Crippen LogP contribution < -0.4 is 15.2 Å². The van der Waals surface area contributed by atoms with Gasteiger partial charge in [-0.15, -0.1) is 0 Å². The Morgan fingerprint density at radius 1 is 1.32 bits per heavy atom. The number of benzene rings is 2. The first-order valence-corrected chi connectivity index (χ1v) is 8.19. The zero-order chi connectivity index (χ0) is 18.4. The summed E-state index contributed by atoms with van der Waals surface area (Å²) in [4.78, 5) is 21.1. The molecule has 8 heteroatoms. The molecule has 0 aliphatic heterocycles. The van der Waals surface area contributed by atoms with E-state index in [9.17, 15) is 14.9 Å². The molecule has 0 saturated heterocycles. The molecule has 0 saturated carbocycles. The first kappa shape index (κ1) is 18.7. The Labute approximate surface area is 157 Å². The lowest BCUT2D eigenvalue weighted by Crippen LogP contribution is -2.05. The highest BCUT2D eigenvalue weighted by Gasteiger charge is 2.12. The zero-order valence-corrected chi connectivity index (χ0v) is 15.4. The molecule has 7 nitrogen and oxygen atoms in total. The third-order valence-electron chi connectivity index (χ3n) is 3.22. The standard InChI is InChI=1S/C17H15IN2O5/c1-24-15-9-12(4-7-16(19)21)8-14(18)17(15)25-10-11-2-5-13(6-3-11)20(22)23/h2-9H,10H2,1H3,(H2,19,21)/b7-4-. The maximum absolute atomic E-state index is 10.8. The number of hydrogen-bond acceptors (Lipinski definition) is 5. The van der Waals surface area contributed by atoms with E-state index in [1.165, 1.54) is 25.3 Å². The van der Waals surface area contributed by atoms with Crippen molar-refractivity contribution in [3.63, 3.8) is 0 Å². The SMILES string of the molecule is COc1cc(/C=C\C(N)=O)cc(I)c1OCc1ccc([N+](=O)[O-])cc1. The molecular weight excluding hydrogens is 439 g/mol. The Bertz CT molecular complexity index is 819. The summed E-state index contributed by atoms with van der Waals surface area (Å²) >= 11 is 2.10. The minimum atomic E-state index is -0.535. The summed E-state index contributed by atoms with van der Waals surface area (Å²) in [5.41, 5.74) is 6.67. The first-order chi connectivity index (χ1) is 11.9. The molecule has 1 amide bonds. The number of hydrogen-bond donors (Lipinski definition) is 1. The fraction of sp³-hybridized carbons (Fsp3) is 0.118. The Hall–Kier alpha value is -2.62. The van der Waals surface area contributed by atoms with Gasteiger partial charge in [0.05, 0.1) is 15.6 Å². The Balaban J connectivity index is 2.18. The largest absolute Gasteiger partial charge is 0.493 e. The molecule has 0 aromatic heterocycles. The van der Waals surface area contributed by atoms with Gasteiger partial charge >= 0.3 is 0 Å². The van der Waals surface area contributed by atoms with Crippen molar-refractivity contribution in [1.29, 1.82) is 0 Å². The summed E-state index contributed by atoms with van der Waals surface area (Å²) in [6.07, 6.45) is 2.86. The van der Waals surface area contributed by atoms with Crippen LogP contribution in [0.25, 0.3) is 6.08 Å². The second-order valence-corrected chi connectivity index (χ2v) is 6.14. The highest BCUT2D eigenvalue weighted by Crippen LogP contribution is 2.35. The molecule has 0 heterocycles. The smallest absolute Gasteiger partial charge is 0.269 e. The number of carbonyl (C=O) groups is 1. The van der Waals surface area contributed by atoms with E-state index in [1.54, 1.807) is 24.3 Å². The summed E-state index contributed by atoms with van der Waals surface area (Å²) in [5.74, 6) is 0.531. The molecule has 130 valence electrons. The van der Waals surface area contributed by atoms with Crippen molar-refractivity contribution in [3.8, 4) is 11.5 Å². The molecule has 2 aromatic rings. The summed E-state index contributed by atoms with van der Waals surface area (Å²) in [5, 5.41) is 10.7. The van der Waals surface area contributed by atoms with Crippen LogP contribution >= 0.6 is 22.6 Å². The highest BCUT2D eigenvalue weighted by atomic mass is 127. The van der Waals surface area contributed by atoms with Crippen LogP contribution in [0.4, 0.5) is 5.69 Å². The second-order valence-electron chi connectivity index (χ2n) is 4.98. The normalized spacial score (nSPS) is 10.6. The van der Waals surface area contributed by atoms with Gasteiger partial charge in [0.2, 0.25) is 5.91 Å². The van der Waals surface area contributed by atoms with Gasteiger partial charge in [0, 0.05) is 18.2 Å². The minimum absolute atomic E-state index is 0.0292. The molecule has 0 unspecified atom stereocenters. The minimum Gasteiger partial charge on any atom is -0.493 e. The van der Waals surface area contributed by atoms with Gasteiger partial charge in [-0.3, -0.25) is 14.9 Å². The molecule has 0 spiro atoms.